The van der Waals surface area contributed by atoms with E-state index in [0.717, 1.165) is 25.7 Å². The summed E-state index contributed by atoms with van der Waals surface area (Å²) in [6.07, 6.45) is 5.37. The van der Waals surface area contributed by atoms with Gasteiger partial charge in [0.15, 0.2) is 5.82 Å². The molecule has 2 atom stereocenters. The van der Waals surface area contributed by atoms with Crippen LogP contribution in [0.1, 0.15) is 44.5 Å². The largest absolute Gasteiger partial charge is 0.344 e. The van der Waals surface area contributed by atoms with Crippen molar-refractivity contribution in [2.45, 2.75) is 44.7 Å². The number of nitrogens with one attached hydrogen (secondary N) is 1. The lowest BCUT2D eigenvalue weighted by atomic mass is 10.1. The Morgan fingerprint density at radius 1 is 1.45 bits per heavy atom. The standard InChI is InChI=1S/C14H20N4O3S/c1-9(12-15-7-21-17-12)16-13(19)11-6-22-8-18(11)14(20)10-4-2-3-5-10/h7,9-11H,2-6,8H2,1H3,(H,16,19)/t9-,11-/m1/s1. The van der Waals surface area contributed by atoms with Crippen molar-refractivity contribution in [2.24, 2.45) is 5.92 Å². The maximum Gasteiger partial charge on any atom is 0.244 e. The van der Waals surface area contributed by atoms with Gasteiger partial charge in [0.25, 0.3) is 0 Å². The Morgan fingerprint density at radius 3 is 2.91 bits per heavy atom. The molecule has 1 aromatic heterocycles. The van der Waals surface area contributed by atoms with Crippen molar-refractivity contribution in [3.8, 4) is 0 Å². The SMILES string of the molecule is C[C@@H](NC(=O)[C@H]1CSCN1C(=O)C1CCCC1)c1ncon1. The van der Waals surface area contributed by atoms with Crippen molar-refractivity contribution in [2.75, 3.05) is 11.6 Å². The minimum atomic E-state index is -0.396. The fourth-order valence-corrected chi connectivity index (χ4v) is 4.19. The van der Waals surface area contributed by atoms with E-state index in [0.29, 0.717) is 17.5 Å². The van der Waals surface area contributed by atoms with E-state index in [1.807, 2.05) is 0 Å². The summed E-state index contributed by atoms with van der Waals surface area (Å²) in [5.41, 5.74) is 0. The molecule has 3 rings (SSSR count). The summed E-state index contributed by atoms with van der Waals surface area (Å²) in [5.74, 6) is 1.77. The van der Waals surface area contributed by atoms with Crippen molar-refractivity contribution < 1.29 is 14.1 Å². The lowest BCUT2D eigenvalue weighted by Crippen LogP contribution is -2.49. The van der Waals surface area contributed by atoms with E-state index in [1.165, 1.54) is 6.39 Å². The van der Waals surface area contributed by atoms with Gasteiger partial charge in [0.05, 0.1) is 11.9 Å². The normalized spacial score (nSPS) is 23.7. The van der Waals surface area contributed by atoms with Crippen molar-refractivity contribution in [3.05, 3.63) is 12.2 Å². The van der Waals surface area contributed by atoms with Crippen molar-refractivity contribution in [1.82, 2.24) is 20.4 Å². The monoisotopic (exact) mass is 324 g/mol. The molecular formula is C14H20N4O3S. The van der Waals surface area contributed by atoms with Crippen LogP contribution in [-0.2, 0) is 9.59 Å². The molecule has 1 saturated heterocycles. The summed E-state index contributed by atoms with van der Waals surface area (Å²) in [6, 6.07) is -0.729. The zero-order valence-corrected chi connectivity index (χ0v) is 13.3. The van der Waals surface area contributed by atoms with Gasteiger partial charge in [-0.15, -0.1) is 11.8 Å². The highest BCUT2D eigenvalue weighted by atomic mass is 32.2. The number of rotatable bonds is 4. The number of amides is 2. The average Bonchev–Trinajstić information content (AvgIpc) is 3.27. The van der Waals surface area contributed by atoms with Crippen LogP contribution in [-0.4, -0.2) is 44.5 Å². The second kappa shape index (κ2) is 6.68. The Labute approximate surface area is 133 Å². The summed E-state index contributed by atoms with van der Waals surface area (Å²) in [7, 11) is 0. The molecule has 0 aromatic carbocycles. The van der Waals surface area contributed by atoms with Crippen LogP contribution < -0.4 is 5.32 Å². The molecule has 7 nitrogen and oxygen atoms in total. The average molecular weight is 324 g/mol. The van der Waals surface area contributed by atoms with Crippen molar-refractivity contribution in [1.29, 1.82) is 0 Å². The summed E-state index contributed by atoms with van der Waals surface area (Å²) < 4.78 is 4.69. The molecule has 0 spiro atoms. The number of thioether (sulfide) groups is 1. The summed E-state index contributed by atoms with van der Waals surface area (Å²) in [5, 5.41) is 6.59. The van der Waals surface area contributed by atoms with Crippen LogP contribution in [0.2, 0.25) is 0 Å². The van der Waals surface area contributed by atoms with Gasteiger partial charge in [-0.05, 0) is 19.8 Å². The first-order chi connectivity index (χ1) is 10.7. The zero-order valence-electron chi connectivity index (χ0n) is 12.5. The third-order valence-corrected chi connectivity index (χ3v) is 5.31. The molecular weight excluding hydrogens is 304 g/mol. The predicted octanol–water partition coefficient (Wildman–Crippen LogP) is 1.34. The topological polar surface area (TPSA) is 88.3 Å². The Balaban J connectivity index is 1.62. The minimum absolute atomic E-state index is 0.101. The Bertz CT molecular complexity index is 530. The molecule has 1 saturated carbocycles. The van der Waals surface area contributed by atoms with Crippen LogP contribution in [0.25, 0.3) is 0 Å². The Kier molecular flexibility index (Phi) is 4.66. The first-order valence-corrected chi connectivity index (χ1v) is 8.77. The van der Waals surface area contributed by atoms with Gasteiger partial charge in [0, 0.05) is 11.7 Å². The second-order valence-electron chi connectivity index (χ2n) is 5.82. The van der Waals surface area contributed by atoms with Gasteiger partial charge < -0.3 is 14.7 Å². The molecule has 8 heteroatoms. The lowest BCUT2D eigenvalue weighted by molar-refractivity contribution is -0.141. The highest BCUT2D eigenvalue weighted by Gasteiger charge is 2.38. The fourth-order valence-electron chi connectivity index (χ4n) is 3.03. The van der Waals surface area contributed by atoms with Gasteiger partial charge >= 0.3 is 0 Å². The molecule has 1 aromatic rings. The van der Waals surface area contributed by atoms with E-state index in [9.17, 15) is 9.59 Å². The highest BCUT2D eigenvalue weighted by molar-refractivity contribution is 7.99. The summed E-state index contributed by atoms with van der Waals surface area (Å²) in [4.78, 5) is 30.7. The summed E-state index contributed by atoms with van der Waals surface area (Å²) in [6.45, 7) is 1.80. The van der Waals surface area contributed by atoms with Gasteiger partial charge in [-0.3, -0.25) is 9.59 Å². The van der Waals surface area contributed by atoms with E-state index in [2.05, 4.69) is 20.0 Å². The van der Waals surface area contributed by atoms with Crippen LogP contribution in [0, 0.1) is 5.92 Å². The highest BCUT2D eigenvalue weighted by Crippen LogP contribution is 2.31. The Hall–Kier alpha value is -1.57. The van der Waals surface area contributed by atoms with E-state index >= 15 is 0 Å². The molecule has 1 aliphatic carbocycles. The number of aromatic nitrogens is 2. The van der Waals surface area contributed by atoms with Crippen molar-refractivity contribution >= 4 is 23.6 Å². The van der Waals surface area contributed by atoms with Crippen molar-refractivity contribution in [3.63, 3.8) is 0 Å². The number of hydrogen-bond acceptors (Lipinski definition) is 6. The van der Waals surface area contributed by atoms with Gasteiger partial charge in [-0.2, -0.15) is 4.98 Å². The van der Waals surface area contributed by atoms with Gasteiger partial charge in [-0.1, -0.05) is 18.0 Å². The maximum atomic E-state index is 12.6. The molecule has 1 aliphatic heterocycles. The molecule has 2 fully saturated rings. The molecule has 120 valence electrons. The number of carbonyl (C=O) groups is 2. The van der Waals surface area contributed by atoms with Crippen LogP contribution in [0.4, 0.5) is 0 Å². The van der Waals surface area contributed by atoms with E-state index in [-0.39, 0.29) is 23.8 Å². The van der Waals surface area contributed by atoms with Crippen LogP contribution in [0.5, 0.6) is 0 Å². The lowest BCUT2D eigenvalue weighted by Gasteiger charge is -2.26. The molecule has 2 aliphatic rings. The van der Waals surface area contributed by atoms with Crippen LogP contribution in [0.3, 0.4) is 0 Å². The smallest absolute Gasteiger partial charge is 0.244 e. The third-order valence-electron chi connectivity index (χ3n) is 4.30. The Morgan fingerprint density at radius 2 is 2.23 bits per heavy atom. The number of nitrogens with zero attached hydrogens (tertiary/aromatic N) is 3. The molecule has 2 heterocycles. The summed E-state index contributed by atoms with van der Waals surface area (Å²) >= 11 is 1.62. The van der Waals surface area contributed by atoms with Gasteiger partial charge in [0.1, 0.15) is 6.04 Å². The molecule has 2 amide bonds. The van der Waals surface area contributed by atoms with E-state index in [4.69, 9.17) is 0 Å². The van der Waals surface area contributed by atoms with Crippen LogP contribution in [0.15, 0.2) is 10.9 Å². The predicted molar refractivity (Wildman–Crippen MR) is 80.8 cm³/mol. The fraction of sp³-hybridized carbons (Fsp3) is 0.714. The first-order valence-electron chi connectivity index (χ1n) is 7.61. The van der Waals surface area contributed by atoms with E-state index < -0.39 is 6.04 Å². The second-order valence-corrected chi connectivity index (χ2v) is 6.82. The molecule has 0 radical (unpaired) electrons. The number of carbonyl (C=O) groups excluding carboxylic acids is 2. The molecule has 22 heavy (non-hydrogen) atoms. The number of hydrogen-bond donors (Lipinski definition) is 1. The molecule has 0 bridgehead atoms. The molecule has 1 N–H and O–H groups in total. The molecule has 0 unspecified atom stereocenters. The van der Waals surface area contributed by atoms with Gasteiger partial charge in [0.2, 0.25) is 18.2 Å². The zero-order chi connectivity index (χ0) is 15.5. The quantitative estimate of drug-likeness (QED) is 0.899. The van der Waals surface area contributed by atoms with Gasteiger partial charge in [-0.25, -0.2) is 0 Å². The minimum Gasteiger partial charge on any atom is -0.344 e. The maximum absolute atomic E-state index is 12.6. The van der Waals surface area contributed by atoms with Crippen LogP contribution >= 0.6 is 11.8 Å². The van der Waals surface area contributed by atoms with E-state index in [1.54, 1.807) is 23.6 Å². The third kappa shape index (κ3) is 3.11. The first kappa shape index (κ1) is 15.3.